The molecule has 0 aliphatic heterocycles. The van der Waals surface area contributed by atoms with Crippen molar-refractivity contribution in [3.8, 4) is 5.75 Å². The summed E-state index contributed by atoms with van der Waals surface area (Å²) < 4.78 is 10.2. The van der Waals surface area contributed by atoms with E-state index in [1.54, 1.807) is 49.7 Å². The predicted octanol–water partition coefficient (Wildman–Crippen LogP) is 3.10. The first kappa shape index (κ1) is 13.4. The van der Waals surface area contributed by atoms with Crippen LogP contribution in [0.1, 0.15) is 15.9 Å². The number of hydrogen-bond acceptors (Lipinski definition) is 4. The van der Waals surface area contributed by atoms with Crippen molar-refractivity contribution in [2.75, 3.05) is 7.11 Å². The summed E-state index contributed by atoms with van der Waals surface area (Å²) in [4.78, 5) is 15.7. The minimum absolute atomic E-state index is 0.153. The van der Waals surface area contributed by atoms with Crippen LogP contribution in [0.15, 0.2) is 42.6 Å². The van der Waals surface area contributed by atoms with Crippen LogP contribution in [0.4, 0.5) is 0 Å². The molecule has 0 aliphatic carbocycles. The van der Waals surface area contributed by atoms with E-state index in [1.807, 2.05) is 0 Å². The lowest BCUT2D eigenvalue weighted by Gasteiger charge is -2.06. The maximum atomic E-state index is 11.8. The number of carbonyl (C=O) groups is 1. The third-order valence-corrected chi connectivity index (χ3v) is 2.69. The Balaban J connectivity index is 1.99. The Morgan fingerprint density at radius 2 is 2.16 bits per heavy atom. The molecule has 1 heterocycles. The molecule has 0 N–H and O–H groups in total. The third-order valence-electron chi connectivity index (χ3n) is 2.46. The number of pyridine rings is 1. The zero-order chi connectivity index (χ0) is 13.7. The maximum Gasteiger partial charge on any atom is 0.338 e. The molecule has 0 saturated carbocycles. The first-order valence-electron chi connectivity index (χ1n) is 5.60. The molecule has 5 heteroatoms. The molecule has 0 atom stereocenters. The van der Waals surface area contributed by atoms with Crippen LogP contribution >= 0.6 is 11.6 Å². The lowest BCUT2D eigenvalue weighted by atomic mass is 10.2. The van der Waals surface area contributed by atoms with Gasteiger partial charge in [-0.15, -0.1) is 0 Å². The monoisotopic (exact) mass is 277 g/mol. The van der Waals surface area contributed by atoms with E-state index in [4.69, 9.17) is 21.1 Å². The molecule has 0 bridgehead atoms. The Morgan fingerprint density at radius 3 is 2.84 bits per heavy atom. The molecule has 0 amide bonds. The Kier molecular flexibility index (Phi) is 4.36. The lowest BCUT2D eigenvalue weighted by Crippen LogP contribution is -2.05. The molecular formula is C14H12ClNO3. The second-order valence-corrected chi connectivity index (χ2v) is 4.18. The molecule has 1 aromatic carbocycles. The molecule has 0 spiro atoms. The predicted molar refractivity (Wildman–Crippen MR) is 71.4 cm³/mol. The SMILES string of the molecule is COc1cccc(C(=O)OCc2ccc(Cl)nc2)c1. The lowest BCUT2D eigenvalue weighted by molar-refractivity contribution is 0.0472. The number of benzene rings is 1. The summed E-state index contributed by atoms with van der Waals surface area (Å²) in [6.07, 6.45) is 1.57. The third kappa shape index (κ3) is 3.69. The van der Waals surface area contributed by atoms with Crippen LogP contribution in [-0.4, -0.2) is 18.1 Å². The van der Waals surface area contributed by atoms with Gasteiger partial charge >= 0.3 is 5.97 Å². The molecule has 2 aromatic rings. The first-order valence-corrected chi connectivity index (χ1v) is 5.98. The topological polar surface area (TPSA) is 48.4 Å². The number of methoxy groups -OCH3 is 1. The van der Waals surface area contributed by atoms with Gasteiger partial charge in [-0.2, -0.15) is 0 Å². The van der Waals surface area contributed by atoms with Gasteiger partial charge in [0.1, 0.15) is 17.5 Å². The highest BCUT2D eigenvalue weighted by Crippen LogP contribution is 2.14. The maximum absolute atomic E-state index is 11.8. The van der Waals surface area contributed by atoms with E-state index in [0.29, 0.717) is 16.5 Å². The van der Waals surface area contributed by atoms with Gasteiger partial charge in [-0.1, -0.05) is 23.7 Å². The normalized spacial score (nSPS) is 10.0. The second-order valence-electron chi connectivity index (χ2n) is 3.80. The molecule has 0 radical (unpaired) electrons. The van der Waals surface area contributed by atoms with Crippen LogP contribution in [0.2, 0.25) is 5.15 Å². The zero-order valence-corrected chi connectivity index (χ0v) is 11.1. The van der Waals surface area contributed by atoms with Gasteiger partial charge < -0.3 is 9.47 Å². The number of ether oxygens (including phenoxy) is 2. The molecular weight excluding hydrogens is 266 g/mol. The van der Waals surface area contributed by atoms with Crippen LogP contribution < -0.4 is 4.74 Å². The van der Waals surface area contributed by atoms with Gasteiger partial charge in [-0.05, 0) is 24.3 Å². The fraction of sp³-hybridized carbons (Fsp3) is 0.143. The van der Waals surface area contributed by atoms with E-state index in [1.165, 1.54) is 0 Å². The number of halogens is 1. The number of rotatable bonds is 4. The van der Waals surface area contributed by atoms with Crippen LogP contribution in [0.3, 0.4) is 0 Å². The summed E-state index contributed by atoms with van der Waals surface area (Å²) in [5.41, 5.74) is 1.22. The van der Waals surface area contributed by atoms with Crippen molar-refractivity contribution in [3.05, 3.63) is 58.9 Å². The molecule has 98 valence electrons. The standard InChI is InChI=1S/C14H12ClNO3/c1-18-12-4-2-3-11(7-12)14(17)19-9-10-5-6-13(15)16-8-10/h2-8H,9H2,1H3. The van der Waals surface area contributed by atoms with Gasteiger partial charge in [0.25, 0.3) is 0 Å². The Labute approximate surface area is 115 Å². The minimum atomic E-state index is -0.408. The van der Waals surface area contributed by atoms with E-state index in [-0.39, 0.29) is 6.61 Å². The smallest absolute Gasteiger partial charge is 0.338 e. The summed E-state index contributed by atoms with van der Waals surface area (Å²) in [5, 5.41) is 0.405. The van der Waals surface area contributed by atoms with E-state index < -0.39 is 5.97 Å². The van der Waals surface area contributed by atoms with Crippen molar-refractivity contribution >= 4 is 17.6 Å². The minimum Gasteiger partial charge on any atom is -0.497 e. The van der Waals surface area contributed by atoms with Gasteiger partial charge in [0.05, 0.1) is 12.7 Å². The van der Waals surface area contributed by atoms with Crippen molar-refractivity contribution < 1.29 is 14.3 Å². The van der Waals surface area contributed by atoms with Crippen molar-refractivity contribution in [1.29, 1.82) is 0 Å². The van der Waals surface area contributed by atoms with E-state index in [2.05, 4.69) is 4.98 Å². The zero-order valence-electron chi connectivity index (χ0n) is 10.3. The highest BCUT2D eigenvalue weighted by Gasteiger charge is 2.08. The van der Waals surface area contributed by atoms with E-state index in [9.17, 15) is 4.79 Å². The Bertz CT molecular complexity index is 569. The van der Waals surface area contributed by atoms with Crippen molar-refractivity contribution in [3.63, 3.8) is 0 Å². The van der Waals surface area contributed by atoms with E-state index >= 15 is 0 Å². The van der Waals surface area contributed by atoms with E-state index in [0.717, 1.165) is 5.56 Å². The Hall–Kier alpha value is -2.07. The largest absolute Gasteiger partial charge is 0.497 e. The van der Waals surface area contributed by atoms with Gasteiger partial charge in [0.2, 0.25) is 0 Å². The first-order chi connectivity index (χ1) is 9.19. The summed E-state index contributed by atoms with van der Waals surface area (Å²) in [6.45, 7) is 0.153. The van der Waals surface area contributed by atoms with Crippen LogP contribution in [-0.2, 0) is 11.3 Å². The fourth-order valence-electron chi connectivity index (χ4n) is 1.47. The average Bonchev–Trinajstić information content (AvgIpc) is 2.46. The summed E-state index contributed by atoms with van der Waals surface area (Å²) >= 11 is 5.67. The van der Waals surface area contributed by atoms with Crippen LogP contribution in [0.5, 0.6) is 5.75 Å². The highest BCUT2D eigenvalue weighted by molar-refractivity contribution is 6.29. The van der Waals surface area contributed by atoms with Gasteiger partial charge in [0.15, 0.2) is 0 Å². The summed E-state index contributed by atoms with van der Waals surface area (Å²) in [7, 11) is 1.55. The molecule has 0 unspecified atom stereocenters. The van der Waals surface area contributed by atoms with Gasteiger partial charge in [-0.3, -0.25) is 0 Å². The van der Waals surface area contributed by atoms with Crippen molar-refractivity contribution in [2.24, 2.45) is 0 Å². The highest BCUT2D eigenvalue weighted by atomic mass is 35.5. The van der Waals surface area contributed by atoms with Crippen LogP contribution in [0.25, 0.3) is 0 Å². The van der Waals surface area contributed by atoms with Crippen molar-refractivity contribution in [2.45, 2.75) is 6.61 Å². The Morgan fingerprint density at radius 1 is 1.32 bits per heavy atom. The van der Waals surface area contributed by atoms with Gasteiger partial charge in [0, 0.05) is 11.8 Å². The summed E-state index contributed by atoms with van der Waals surface area (Å²) in [6, 6.07) is 10.2. The second kappa shape index (κ2) is 6.20. The quantitative estimate of drug-likeness (QED) is 0.636. The molecule has 4 nitrogen and oxygen atoms in total. The number of carbonyl (C=O) groups excluding carboxylic acids is 1. The molecule has 2 rings (SSSR count). The summed E-state index contributed by atoms with van der Waals surface area (Å²) in [5.74, 6) is 0.205. The molecule has 1 aromatic heterocycles. The van der Waals surface area contributed by atoms with Crippen LogP contribution in [0, 0.1) is 0 Å². The number of esters is 1. The fourth-order valence-corrected chi connectivity index (χ4v) is 1.59. The number of nitrogens with zero attached hydrogens (tertiary/aromatic N) is 1. The number of hydrogen-bond donors (Lipinski definition) is 0. The molecule has 19 heavy (non-hydrogen) atoms. The molecule has 0 fully saturated rings. The number of aromatic nitrogens is 1. The molecule has 0 saturated heterocycles. The average molecular weight is 278 g/mol. The van der Waals surface area contributed by atoms with Gasteiger partial charge in [-0.25, -0.2) is 9.78 Å². The molecule has 0 aliphatic rings. The van der Waals surface area contributed by atoms with Crippen molar-refractivity contribution in [1.82, 2.24) is 4.98 Å².